The molecule has 4 nitrogen and oxygen atoms in total. The lowest BCUT2D eigenvalue weighted by molar-refractivity contribution is 0.0584. The molecule has 126 valence electrons. The normalized spacial score (nSPS) is 19.7. The number of hydrogen-bond donors (Lipinski definition) is 1. The van der Waals surface area contributed by atoms with Crippen LogP contribution in [0.1, 0.15) is 57.6 Å². The van der Waals surface area contributed by atoms with Crippen LogP contribution in [0.4, 0.5) is 10.5 Å². The van der Waals surface area contributed by atoms with Crippen LogP contribution in [-0.2, 0) is 16.6 Å². The largest absolute Gasteiger partial charge is 0.443 e. The maximum Gasteiger partial charge on any atom is 0.414 e. The van der Waals surface area contributed by atoms with Crippen molar-refractivity contribution in [1.29, 1.82) is 0 Å². The van der Waals surface area contributed by atoms with Crippen LogP contribution in [0.25, 0.3) is 0 Å². The van der Waals surface area contributed by atoms with Crippen LogP contribution < -0.4 is 10.6 Å². The molecule has 2 aliphatic rings. The summed E-state index contributed by atoms with van der Waals surface area (Å²) in [5.74, 6) is 0. The molecule has 1 amide bonds. The SMILES string of the molecule is CC(C)(C)OC(=O)N1CCc2cc(C3(CN)CCCC3)ccc21. The number of hydrogen-bond acceptors (Lipinski definition) is 3. The van der Waals surface area contributed by atoms with Crippen LogP contribution >= 0.6 is 0 Å². The van der Waals surface area contributed by atoms with Crippen molar-refractivity contribution in [3.05, 3.63) is 29.3 Å². The Morgan fingerprint density at radius 1 is 1.30 bits per heavy atom. The third kappa shape index (κ3) is 3.09. The van der Waals surface area contributed by atoms with E-state index in [9.17, 15) is 4.79 Å². The average molecular weight is 316 g/mol. The molecule has 1 aromatic rings. The molecule has 1 fully saturated rings. The minimum Gasteiger partial charge on any atom is -0.443 e. The van der Waals surface area contributed by atoms with Gasteiger partial charge in [-0.25, -0.2) is 4.79 Å². The minimum atomic E-state index is -0.465. The molecule has 1 heterocycles. The number of anilines is 1. The highest BCUT2D eigenvalue weighted by atomic mass is 16.6. The standard InChI is InChI=1S/C19H28N2O2/c1-18(2,3)23-17(22)21-11-8-14-12-15(6-7-16(14)21)19(13-20)9-4-5-10-19/h6-7,12H,4-5,8-11,13,20H2,1-3H3. The Balaban J connectivity index is 1.84. The van der Waals surface area contributed by atoms with Crippen molar-refractivity contribution in [2.75, 3.05) is 18.0 Å². The van der Waals surface area contributed by atoms with Gasteiger partial charge < -0.3 is 10.5 Å². The molecule has 0 saturated heterocycles. The number of nitrogens with two attached hydrogens (primary N) is 1. The van der Waals surface area contributed by atoms with Crippen molar-refractivity contribution in [3.63, 3.8) is 0 Å². The van der Waals surface area contributed by atoms with E-state index >= 15 is 0 Å². The Bertz CT molecular complexity index is 598. The smallest absolute Gasteiger partial charge is 0.414 e. The first kappa shape index (κ1) is 16.3. The lowest BCUT2D eigenvalue weighted by Gasteiger charge is -2.29. The van der Waals surface area contributed by atoms with E-state index in [1.165, 1.54) is 36.8 Å². The van der Waals surface area contributed by atoms with Crippen LogP contribution in [-0.4, -0.2) is 24.8 Å². The van der Waals surface area contributed by atoms with Gasteiger partial charge in [0, 0.05) is 18.5 Å². The first-order chi connectivity index (χ1) is 10.8. The second-order valence-corrected chi connectivity index (χ2v) is 7.92. The highest BCUT2D eigenvalue weighted by Crippen LogP contribution is 2.42. The summed E-state index contributed by atoms with van der Waals surface area (Å²) >= 11 is 0. The Hall–Kier alpha value is -1.55. The summed E-state index contributed by atoms with van der Waals surface area (Å²) in [4.78, 5) is 14.1. The van der Waals surface area contributed by atoms with E-state index < -0.39 is 5.60 Å². The van der Waals surface area contributed by atoms with Gasteiger partial charge in [-0.3, -0.25) is 4.90 Å². The fourth-order valence-corrected chi connectivity index (χ4v) is 3.90. The summed E-state index contributed by atoms with van der Waals surface area (Å²) in [5, 5.41) is 0. The maximum atomic E-state index is 12.4. The van der Waals surface area contributed by atoms with Gasteiger partial charge in [0.15, 0.2) is 0 Å². The van der Waals surface area contributed by atoms with Crippen molar-refractivity contribution < 1.29 is 9.53 Å². The zero-order valence-corrected chi connectivity index (χ0v) is 14.5. The van der Waals surface area contributed by atoms with E-state index in [-0.39, 0.29) is 11.5 Å². The molecule has 1 aromatic carbocycles. The summed E-state index contributed by atoms with van der Waals surface area (Å²) in [6.07, 6.45) is 5.52. The lowest BCUT2D eigenvalue weighted by Crippen LogP contribution is -2.35. The second kappa shape index (κ2) is 5.82. The highest BCUT2D eigenvalue weighted by Gasteiger charge is 2.36. The van der Waals surface area contributed by atoms with Crippen LogP contribution in [0, 0.1) is 0 Å². The van der Waals surface area contributed by atoms with Gasteiger partial charge in [0.2, 0.25) is 0 Å². The number of nitrogens with zero attached hydrogens (tertiary/aromatic N) is 1. The van der Waals surface area contributed by atoms with Gasteiger partial charge in [0.25, 0.3) is 0 Å². The van der Waals surface area contributed by atoms with Crippen LogP contribution in [0.15, 0.2) is 18.2 Å². The number of carbonyl (C=O) groups excluding carboxylic acids is 1. The van der Waals surface area contributed by atoms with Crippen molar-refractivity contribution in [1.82, 2.24) is 0 Å². The van der Waals surface area contributed by atoms with E-state index in [1.54, 1.807) is 4.90 Å². The number of rotatable bonds is 2. The molecule has 0 unspecified atom stereocenters. The van der Waals surface area contributed by atoms with Crippen molar-refractivity contribution >= 4 is 11.8 Å². The summed E-state index contributed by atoms with van der Waals surface area (Å²) in [6.45, 7) is 7.10. The fraction of sp³-hybridized carbons (Fsp3) is 0.632. The summed E-state index contributed by atoms with van der Waals surface area (Å²) in [7, 11) is 0. The molecule has 2 N–H and O–H groups in total. The number of ether oxygens (including phenoxy) is 1. The topological polar surface area (TPSA) is 55.6 Å². The van der Waals surface area contributed by atoms with E-state index in [4.69, 9.17) is 10.5 Å². The van der Waals surface area contributed by atoms with Crippen molar-refractivity contribution in [3.8, 4) is 0 Å². The van der Waals surface area contributed by atoms with Gasteiger partial charge in [-0.05, 0) is 57.2 Å². The molecule has 0 aromatic heterocycles. The molecule has 1 saturated carbocycles. The van der Waals surface area contributed by atoms with Gasteiger partial charge in [0.05, 0.1) is 5.69 Å². The van der Waals surface area contributed by atoms with Crippen molar-refractivity contribution in [2.24, 2.45) is 5.73 Å². The Morgan fingerprint density at radius 2 is 2.00 bits per heavy atom. The van der Waals surface area contributed by atoms with Crippen molar-refractivity contribution in [2.45, 2.75) is 63.9 Å². The van der Waals surface area contributed by atoms with Gasteiger partial charge in [-0.15, -0.1) is 0 Å². The maximum absolute atomic E-state index is 12.4. The Morgan fingerprint density at radius 3 is 2.61 bits per heavy atom. The van der Waals surface area contributed by atoms with Gasteiger partial charge in [-0.1, -0.05) is 25.0 Å². The zero-order valence-electron chi connectivity index (χ0n) is 14.5. The number of carbonyl (C=O) groups is 1. The number of amides is 1. The molecule has 1 aliphatic carbocycles. The predicted molar refractivity (Wildman–Crippen MR) is 92.9 cm³/mol. The molecule has 0 bridgehead atoms. The molecular weight excluding hydrogens is 288 g/mol. The van der Waals surface area contributed by atoms with Gasteiger partial charge in [0.1, 0.15) is 5.60 Å². The summed E-state index contributed by atoms with van der Waals surface area (Å²) in [5.41, 5.74) is 9.38. The Kier molecular flexibility index (Phi) is 4.13. The quantitative estimate of drug-likeness (QED) is 0.904. The van der Waals surface area contributed by atoms with E-state index in [2.05, 4.69) is 18.2 Å². The molecule has 0 spiro atoms. The first-order valence-corrected chi connectivity index (χ1v) is 8.69. The molecule has 0 atom stereocenters. The van der Waals surface area contributed by atoms with Crippen LogP contribution in [0.2, 0.25) is 0 Å². The predicted octanol–water partition coefficient (Wildman–Crippen LogP) is 3.75. The van der Waals surface area contributed by atoms with Gasteiger partial charge >= 0.3 is 6.09 Å². The molecule has 1 aliphatic heterocycles. The van der Waals surface area contributed by atoms with Crippen LogP contribution in [0.5, 0.6) is 0 Å². The fourth-order valence-electron chi connectivity index (χ4n) is 3.90. The molecule has 23 heavy (non-hydrogen) atoms. The van der Waals surface area contributed by atoms with Crippen LogP contribution in [0.3, 0.4) is 0 Å². The average Bonchev–Trinajstić information content (AvgIpc) is 3.12. The molecule has 4 heteroatoms. The minimum absolute atomic E-state index is 0.147. The third-order valence-electron chi connectivity index (χ3n) is 5.15. The monoisotopic (exact) mass is 316 g/mol. The summed E-state index contributed by atoms with van der Waals surface area (Å²) in [6, 6.07) is 6.52. The first-order valence-electron chi connectivity index (χ1n) is 8.69. The molecular formula is C19H28N2O2. The second-order valence-electron chi connectivity index (χ2n) is 7.92. The number of fused-ring (bicyclic) bond motifs is 1. The third-order valence-corrected chi connectivity index (χ3v) is 5.15. The lowest BCUT2D eigenvalue weighted by atomic mass is 9.78. The van der Waals surface area contributed by atoms with E-state index in [0.29, 0.717) is 13.1 Å². The van der Waals surface area contributed by atoms with E-state index in [1.807, 2.05) is 20.8 Å². The molecule has 3 rings (SSSR count). The zero-order chi connectivity index (χ0) is 16.7. The number of benzene rings is 1. The molecule has 0 radical (unpaired) electrons. The van der Waals surface area contributed by atoms with Gasteiger partial charge in [-0.2, -0.15) is 0 Å². The highest BCUT2D eigenvalue weighted by molar-refractivity contribution is 5.90. The summed E-state index contributed by atoms with van der Waals surface area (Å²) < 4.78 is 5.52. The Labute approximate surface area is 139 Å². The van der Waals surface area contributed by atoms with E-state index in [0.717, 1.165) is 12.1 Å².